The summed E-state index contributed by atoms with van der Waals surface area (Å²) in [6, 6.07) is 16.2. The molecule has 3 N–H and O–H groups in total. The fourth-order valence-electron chi connectivity index (χ4n) is 2.38. The molecule has 2 nitrogen and oxygen atoms in total. The Morgan fingerprint density at radius 2 is 1.80 bits per heavy atom. The van der Waals surface area contributed by atoms with Crippen LogP contribution in [0.15, 0.2) is 53.4 Å². The third kappa shape index (κ3) is 3.42. The van der Waals surface area contributed by atoms with Gasteiger partial charge in [-0.3, -0.25) is 0 Å². The first-order chi connectivity index (χ1) is 9.65. The van der Waals surface area contributed by atoms with E-state index in [0.29, 0.717) is 6.54 Å². The van der Waals surface area contributed by atoms with Gasteiger partial charge in [0.05, 0.1) is 6.10 Å². The molecule has 0 saturated carbocycles. The maximum absolute atomic E-state index is 10.6. The van der Waals surface area contributed by atoms with Gasteiger partial charge in [-0.25, -0.2) is 0 Å². The average Bonchev–Trinajstić information content (AvgIpc) is 2.48. The summed E-state index contributed by atoms with van der Waals surface area (Å²) in [4.78, 5) is 1.20. The normalized spacial score (nSPS) is 14.0. The van der Waals surface area contributed by atoms with E-state index in [1.165, 1.54) is 10.5 Å². The monoisotopic (exact) mass is 287 g/mol. The first kappa shape index (κ1) is 15.1. The first-order valence-corrected chi connectivity index (χ1v) is 7.97. The predicted octanol–water partition coefficient (Wildman–Crippen LogP) is 3.49. The third-order valence-electron chi connectivity index (χ3n) is 3.56. The van der Waals surface area contributed by atoms with Crippen LogP contribution >= 0.6 is 11.8 Å². The summed E-state index contributed by atoms with van der Waals surface area (Å²) in [5.74, 6) is -0.0740. The summed E-state index contributed by atoms with van der Waals surface area (Å²) in [5, 5.41) is 10.6. The van der Waals surface area contributed by atoms with Crippen LogP contribution in [-0.4, -0.2) is 17.9 Å². The highest BCUT2D eigenvalue weighted by molar-refractivity contribution is 7.98. The lowest BCUT2D eigenvalue weighted by molar-refractivity contribution is 0.147. The van der Waals surface area contributed by atoms with Crippen LogP contribution in [0.25, 0.3) is 0 Å². The summed E-state index contributed by atoms with van der Waals surface area (Å²) >= 11 is 1.70. The zero-order valence-corrected chi connectivity index (χ0v) is 12.7. The number of aliphatic hydroxyl groups is 1. The molecule has 0 aromatic heterocycles. The molecule has 3 heteroatoms. The summed E-state index contributed by atoms with van der Waals surface area (Å²) in [6.07, 6.45) is 1.47. The van der Waals surface area contributed by atoms with Crippen molar-refractivity contribution < 1.29 is 5.11 Å². The summed E-state index contributed by atoms with van der Waals surface area (Å²) in [6.45, 7) is 2.48. The molecule has 0 amide bonds. The molecule has 0 saturated heterocycles. The number of hydrogen-bond donors (Lipinski definition) is 2. The fourth-order valence-corrected chi connectivity index (χ4v) is 2.79. The van der Waals surface area contributed by atoms with Crippen molar-refractivity contribution in [3.05, 3.63) is 65.2 Å². The van der Waals surface area contributed by atoms with Gasteiger partial charge in [0.2, 0.25) is 0 Å². The minimum absolute atomic E-state index is 0.0740. The van der Waals surface area contributed by atoms with Gasteiger partial charge in [0.15, 0.2) is 0 Å². The van der Waals surface area contributed by atoms with E-state index in [9.17, 15) is 5.11 Å². The number of rotatable bonds is 5. The van der Waals surface area contributed by atoms with E-state index in [4.69, 9.17) is 5.73 Å². The summed E-state index contributed by atoms with van der Waals surface area (Å²) in [7, 11) is 0. The Labute approximate surface area is 125 Å². The lowest BCUT2D eigenvalue weighted by Crippen LogP contribution is -2.20. The molecular formula is C17H21NOS. The van der Waals surface area contributed by atoms with Crippen molar-refractivity contribution in [1.82, 2.24) is 0 Å². The van der Waals surface area contributed by atoms with Gasteiger partial charge in [-0.1, -0.05) is 42.0 Å². The molecule has 0 aliphatic heterocycles. The number of hydrogen-bond acceptors (Lipinski definition) is 3. The van der Waals surface area contributed by atoms with Crippen LogP contribution in [0.5, 0.6) is 0 Å². The van der Waals surface area contributed by atoms with Crippen LogP contribution < -0.4 is 5.73 Å². The first-order valence-electron chi connectivity index (χ1n) is 6.74. The lowest BCUT2D eigenvalue weighted by Gasteiger charge is -2.23. The Morgan fingerprint density at radius 1 is 1.10 bits per heavy atom. The van der Waals surface area contributed by atoms with Crippen LogP contribution in [0.4, 0.5) is 0 Å². The molecule has 2 atom stereocenters. The summed E-state index contributed by atoms with van der Waals surface area (Å²) < 4.78 is 0. The van der Waals surface area contributed by atoms with E-state index in [-0.39, 0.29) is 5.92 Å². The molecule has 2 unspecified atom stereocenters. The highest BCUT2D eigenvalue weighted by atomic mass is 32.2. The highest BCUT2D eigenvalue weighted by Crippen LogP contribution is 2.31. The smallest absolute Gasteiger partial charge is 0.0870 e. The molecule has 0 spiro atoms. The fraction of sp³-hybridized carbons (Fsp3) is 0.294. The van der Waals surface area contributed by atoms with Crippen molar-refractivity contribution in [2.75, 3.05) is 12.8 Å². The maximum Gasteiger partial charge on any atom is 0.0870 e. The number of nitrogens with two attached hydrogens (primary N) is 1. The van der Waals surface area contributed by atoms with Crippen molar-refractivity contribution in [1.29, 1.82) is 0 Å². The Morgan fingerprint density at radius 3 is 2.35 bits per heavy atom. The predicted molar refractivity (Wildman–Crippen MR) is 86.2 cm³/mol. The van der Waals surface area contributed by atoms with E-state index >= 15 is 0 Å². The molecule has 20 heavy (non-hydrogen) atoms. The van der Waals surface area contributed by atoms with E-state index in [1.807, 2.05) is 42.7 Å². The van der Waals surface area contributed by atoms with Gasteiger partial charge in [-0.2, -0.15) is 0 Å². The molecule has 0 aliphatic carbocycles. The quantitative estimate of drug-likeness (QED) is 0.827. The minimum Gasteiger partial charge on any atom is -0.388 e. The van der Waals surface area contributed by atoms with Crippen molar-refractivity contribution in [2.24, 2.45) is 5.73 Å². The largest absolute Gasteiger partial charge is 0.388 e. The van der Waals surface area contributed by atoms with Crippen molar-refractivity contribution in [3.63, 3.8) is 0 Å². The zero-order chi connectivity index (χ0) is 14.5. The van der Waals surface area contributed by atoms with Crippen molar-refractivity contribution in [2.45, 2.75) is 23.8 Å². The van der Waals surface area contributed by atoms with Crippen molar-refractivity contribution in [3.8, 4) is 0 Å². The molecule has 106 valence electrons. The number of benzene rings is 2. The number of aliphatic hydroxyl groups excluding tert-OH is 1. The van der Waals surface area contributed by atoms with Gasteiger partial charge in [0.1, 0.15) is 0 Å². The van der Waals surface area contributed by atoms with Gasteiger partial charge < -0.3 is 10.8 Å². The van der Waals surface area contributed by atoms with Gasteiger partial charge in [-0.05, 0) is 36.4 Å². The Balaban J connectivity index is 2.26. The standard InChI is InChI=1S/C17H21NOS/c1-12-4-3-5-14(10-12)16(11-18)17(19)13-6-8-15(20-2)9-7-13/h3-10,16-17,19H,11,18H2,1-2H3. The molecule has 2 aromatic carbocycles. The second-order valence-corrected chi connectivity index (χ2v) is 5.85. The molecule has 2 rings (SSSR count). The van der Waals surface area contributed by atoms with Gasteiger partial charge in [-0.15, -0.1) is 11.8 Å². The van der Waals surface area contributed by atoms with E-state index in [2.05, 4.69) is 19.1 Å². The molecule has 0 radical (unpaired) electrons. The number of thioether (sulfide) groups is 1. The Bertz CT molecular complexity index is 553. The Kier molecular flexibility index (Phi) is 5.24. The van der Waals surface area contributed by atoms with Gasteiger partial charge in [0, 0.05) is 17.4 Å². The molecule has 2 aromatic rings. The molecule has 0 heterocycles. The Hall–Kier alpha value is -1.29. The van der Waals surface area contributed by atoms with Crippen molar-refractivity contribution >= 4 is 11.8 Å². The third-order valence-corrected chi connectivity index (χ3v) is 4.31. The van der Waals surface area contributed by atoms with E-state index < -0.39 is 6.10 Å². The van der Waals surface area contributed by atoms with E-state index in [0.717, 1.165) is 11.1 Å². The molecule has 0 bridgehead atoms. The number of aryl methyl sites for hydroxylation is 1. The van der Waals surface area contributed by atoms with Gasteiger partial charge in [0.25, 0.3) is 0 Å². The topological polar surface area (TPSA) is 46.2 Å². The average molecular weight is 287 g/mol. The molecule has 0 fully saturated rings. The second kappa shape index (κ2) is 6.93. The molecule has 0 aliphatic rings. The van der Waals surface area contributed by atoms with E-state index in [1.54, 1.807) is 11.8 Å². The zero-order valence-electron chi connectivity index (χ0n) is 11.9. The van der Waals surface area contributed by atoms with Gasteiger partial charge >= 0.3 is 0 Å². The van der Waals surface area contributed by atoms with Crippen LogP contribution in [0.1, 0.15) is 28.7 Å². The van der Waals surface area contributed by atoms with Crippen LogP contribution in [0.3, 0.4) is 0 Å². The van der Waals surface area contributed by atoms with Crippen LogP contribution in [0, 0.1) is 6.92 Å². The lowest BCUT2D eigenvalue weighted by atomic mass is 9.88. The van der Waals surface area contributed by atoms with Crippen LogP contribution in [-0.2, 0) is 0 Å². The van der Waals surface area contributed by atoms with Crippen LogP contribution in [0.2, 0.25) is 0 Å². The minimum atomic E-state index is -0.572. The molecular weight excluding hydrogens is 266 g/mol. The SMILES string of the molecule is CSc1ccc(C(O)C(CN)c2cccc(C)c2)cc1. The second-order valence-electron chi connectivity index (χ2n) is 4.97. The maximum atomic E-state index is 10.6. The highest BCUT2D eigenvalue weighted by Gasteiger charge is 2.21. The summed E-state index contributed by atoms with van der Waals surface area (Å²) in [5.41, 5.74) is 9.08.